The Kier molecular flexibility index (Phi) is 3.23. The summed E-state index contributed by atoms with van der Waals surface area (Å²) in [4.78, 5) is 8.01. The Hall–Kier alpha value is -1.79. The first-order valence-electron chi connectivity index (χ1n) is 4.87. The van der Waals surface area contributed by atoms with E-state index >= 15 is 0 Å². The smallest absolute Gasteiger partial charge is 0.245 e. The summed E-state index contributed by atoms with van der Waals surface area (Å²) in [7, 11) is 0. The minimum atomic E-state index is -0.612. The van der Waals surface area contributed by atoms with Gasteiger partial charge in [0.05, 0.1) is 6.61 Å². The predicted molar refractivity (Wildman–Crippen MR) is 55.4 cm³/mol. The van der Waals surface area contributed by atoms with E-state index in [4.69, 9.17) is 15.4 Å². The van der Waals surface area contributed by atoms with E-state index in [0.717, 1.165) is 5.56 Å². The van der Waals surface area contributed by atoms with Crippen LogP contribution in [0.2, 0.25) is 0 Å². The molecule has 0 amide bonds. The Bertz CT molecular complexity index is 443. The summed E-state index contributed by atoms with van der Waals surface area (Å²) in [5.74, 6) is 0.802. The van der Waals surface area contributed by atoms with Crippen molar-refractivity contribution >= 4 is 0 Å². The molecule has 0 aliphatic carbocycles. The third-order valence-electron chi connectivity index (χ3n) is 2.11. The van der Waals surface area contributed by atoms with Gasteiger partial charge in [-0.25, -0.2) is 0 Å². The summed E-state index contributed by atoms with van der Waals surface area (Å²) in [6.07, 6.45) is 3.97. The quantitative estimate of drug-likeness (QED) is 0.755. The van der Waals surface area contributed by atoms with Gasteiger partial charge in [-0.2, -0.15) is 4.98 Å². The molecule has 0 radical (unpaired) electrons. The number of nitrogens with zero attached hydrogens (tertiary/aromatic N) is 3. The second-order valence-corrected chi connectivity index (χ2v) is 3.37. The van der Waals surface area contributed by atoms with E-state index in [1.54, 1.807) is 12.4 Å². The SMILES string of the molecule is N[C@H](CO)c1nc(Cc2ccncc2)no1. The Morgan fingerprint density at radius 3 is 2.81 bits per heavy atom. The maximum absolute atomic E-state index is 8.83. The highest BCUT2D eigenvalue weighted by atomic mass is 16.5. The van der Waals surface area contributed by atoms with E-state index in [1.165, 1.54) is 0 Å². The van der Waals surface area contributed by atoms with Crippen LogP contribution in [0.5, 0.6) is 0 Å². The van der Waals surface area contributed by atoms with Crippen LogP contribution in [0.3, 0.4) is 0 Å². The second kappa shape index (κ2) is 4.82. The van der Waals surface area contributed by atoms with Gasteiger partial charge in [0.1, 0.15) is 6.04 Å². The van der Waals surface area contributed by atoms with Crippen LogP contribution in [-0.4, -0.2) is 26.8 Å². The normalized spacial score (nSPS) is 12.6. The van der Waals surface area contributed by atoms with Gasteiger partial charge in [-0.15, -0.1) is 0 Å². The zero-order valence-electron chi connectivity index (χ0n) is 8.58. The van der Waals surface area contributed by atoms with Crippen molar-refractivity contribution in [2.24, 2.45) is 5.73 Å². The van der Waals surface area contributed by atoms with Crippen LogP contribution in [0.25, 0.3) is 0 Å². The molecule has 16 heavy (non-hydrogen) atoms. The van der Waals surface area contributed by atoms with Crippen molar-refractivity contribution in [2.75, 3.05) is 6.61 Å². The summed E-state index contributed by atoms with van der Waals surface area (Å²) < 4.78 is 4.93. The summed E-state index contributed by atoms with van der Waals surface area (Å²) in [5, 5.41) is 12.6. The van der Waals surface area contributed by atoms with Gasteiger partial charge in [0.15, 0.2) is 5.82 Å². The van der Waals surface area contributed by atoms with Crippen LogP contribution >= 0.6 is 0 Å². The first-order chi connectivity index (χ1) is 7.79. The van der Waals surface area contributed by atoms with Gasteiger partial charge in [0.25, 0.3) is 0 Å². The molecular weight excluding hydrogens is 208 g/mol. The average molecular weight is 220 g/mol. The number of hydrogen-bond acceptors (Lipinski definition) is 6. The molecule has 3 N–H and O–H groups in total. The van der Waals surface area contributed by atoms with Gasteiger partial charge < -0.3 is 15.4 Å². The molecule has 2 heterocycles. The van der Waals surface area contributed by atoms with Crippen molar-refractivity contribution in [3.05, 3.63) is 41.8 Å². The van der Waals surface area contributed by atoms with E-state index in [9.17, 15) is 0 Å². The third-order valence-corrected chi connectivity index (χ3v) is 2.11. The molecule has 0 fully saturated rings. The highest BCUT2D eigenvalue weighted by Gasteiger charge is 2.13. The van der Waals surface area contributed by atoms with E-state index in [2.05, 4.69) is 15.1 Å². The standard InChI is InChI=1S/C10H12N4O2/c11-8(6-15)10-13-9(14-16-10)5-7-1-3-12-4-2-7/h1-4,8,15H,5-6,11H2/t8-/m1/s1. The topological polar surface area (TPSA) is 98.1 Å². The lowest BCUT2D eigenvalue weighted by atomic mass is 10.2. The zero-order valence-corrected chi connectivity index (χ0v) is 8.58. The van der Waals surface area contributed by atoms with Crippen molar-refractivity contribution in [1.29, 1.82) is 0 Å². The zero-order chi connectivity index (χ0) is 11.4. The maximum atomic E-state index is 8.83. The predicted octanol–water partition coefficient (Wildman–Crippen LogP) is 0.0475. The van der Waals surface area contributed by atoms with E-state index in [1.807, 2.05) is 12.1 Å². The molecule has 84 valence electrons. The van der Waals surface area contributed by atoms with Gasteiger partial charge in [-0.3, -0.25) is 4.98 Å². The largest absolute Gasteiger partial charge is 0.394 e. The molecule has 0 spiro atoms. The summed E-state index contributed by atoms with van der Waals surface area (Å²) >= 11 is 0. The summed E-state index contributed by atoms with van der Waals surface area (Å²) in [5.41, 5.74) is 6.59. The molecule has 6 heteroatoms. The van der Waals surface area contributed by atoms with Crippen molar-refractivity contribution in [3.63, 3.8) is 0 Å². The summed E-state index contributed by atoms with van der Waals surface area (Å²) in [6.45, 7) is -0.211. The molecule has 0 aliphatic heterocycles. The first-order valence-corrected chi connectivity index (χ1v) is 4.87. The van der Waals surface area contributed by atoms with Gasteiger partial charge >= 0.3 is 0 Å². The Balaban J connectivity index is 2.09. The number of aliphatic hydroxyl groups excluding tert-OH is 1. The minimum Gasteiger partial charge on any atom is -0.394 e. The molecule has 0 saturated heterocycles. The number of hydrogen-bond donors (Lipinski definition) is 2. The number of rotatable bonds is 4. The molecule has 0 aliphatic rings. The van der Waals surface area contributed by atoms with Gasteiger partial charge in [-0.05, 0) is 17.7 Å². The van der Waals surface area contributed by atoms with Crippen molar-refractivity contribution in [3.8, 4) is 0 Å². The molecule has 2 aromatic rings. The number of nitrogens with two attached hydrogens (primary N) is 1. The molecule has 0 unspecified atom stereocenters. The van der Waals surface area contributed by atoms with Crippen molar-refractivity contribution < 1.29 is 9.63 Å². The molecule has 0 saturated carbocycles. The fourth-order valence-corrected chi connectivity index (χ4v) is 1.25. The highest BCUT2D eigenvalue weighted by molar-refractivity contribution is 5.14. The molecule has 6 nitrogen and oxygen atoms in total. The monoisotopic (exact) mass is 220 g/mol. The molecule has 2 rings (SSSR count). The lowest BCUT2D eigenvalue weighted by Gasteiger charge is -1.98. The van der Waals surface area contributed by atoms with Crippen molar-refractivity contribution in [1.82, 2.24) is 15.1 Å². The third kappa shape index (κ3) is 2.41. The van der Waals surface area contributed by atoms with Crippen LogP contribution in [-0.2, 0) is 6.42 Å². The maximum Gasteiger partial charge on any atom is 0.245 e. The lowest BCUT2D eigenvalue weighted by molar-refractivity contribution is 0.236. The molecular formula is C10H12N4O2. The fraction of sp³-hybridized carbons (Fsp3) is 0.300. The van der Waals surface area contributed by atoms with Crippen molar-refractivity contribution in [2.45, 2.75) is 12.5 Å². The van der Waals surface area contributed by atoms with E-state index in [0.29, 0.717) is 12.2 Å². The first kappa shape index (κ1) is 10.7. The molecule has 1 atom stereocenters. The van der Waals surface area contributed by atoms with E-state index < -0.39 is 6.04 Å². The van der Waals surface area contributed by atoms with Crippen LogP contribution in [0.15, 0.2) is 29.0 Å². The minimum absolute atomic E-state index is 0.211. The molecule has 0 bridgehead atoms. The van der Waals surface area contributed by atoms with Crippen LogP contribution in [0, 0.1) is 0 Å². The Morgan fingerprint density at radius 1 is 1.38 bits per heavy atom. The molecule has 2 aromatic heterocycles. The van der Waals surface area contributed by atoms with Crippen LogP contribution in [0.1, 0.15) is 23.3 Å². The summed E-state index contributed by atoms with van der Waals surface area (Å²) in [6, 6.07) is 3.14. The van der Waals surface area contributed by atoms with Crippen LogP contribution < -0.4 is 5.73 Å². The van der Waals surface area contributed by atoms with Gasteiger partial charge in [0.2, 0.25) is 5.89 Å². The van der Waals surface area contributed by atoms with Gasteiger partial charge in [0, 0.05) is 18.8 Å². The van der Waals surface area contributed by atoms with Gasteiger partial charge in [-0.1, -0.05) is 5.16 Å². The Morgan fingerprint density at radius 2 is 2.12 bits per heavy atom. The number of aliphatic hydroxyl groups is 1. The van der Waals surface area contributed by atoms with E-state index in [-0.39, 0.29) is 12.5 Å². The Labute approximate surface area is 92.1 Å². The highest BCUT2D eigenvalue weighted by Crippen LogP contribution is 2.09. The second-order valence-electron chi connectivity index (χ2n) is 3.37. The number of aromatic nitrogens is 3. The van der Waals surface area contributed by atoms with Crippen LogP contribution in [0.4, 0.5) is 0 Å². The number of pyridine rings is 1. The lowest BCUT2D eigenvalue weighted by Crippen LogP contribution is -2.14. The molecule has 0 aromatic carbocycles. The fourth-order valence-electron chi connectivity index (χ4n) is 1.25. The average Bonchev–Trinajstić information content (AvgIpc) is 2.78.